The highest BCUT2D eigenvalue weighted by molar-refractivity contribution is 5.56. The number of hydrogen-bond acceptors (Lipinski definition) is 2. The second kappa shape index (κ2) is 5.57. The number of rotatable bonds is 4. The predicted octanol–water partition coefficient (Wildman–Crippen LogP) is 3.07. The molecule has 0 unspecified atom stereocenters. The highest BCUT2D eigenvalue weighted by Gasteiger charge is 2.14. The van der Waals surface area contributed by atoms with E-state index in [0.29, 0.717) is 0 Å². The van der Waals surface area contributed by atoms with Crippen LogP contribution in [0.15, 0.2) is 36.7 Å². The van der Waals surface area contributed by atoms with Crippen LogP contribution in [0, 0.1) is 0 Å². The molecule has 0 bridgehead atoms. The zero-order valence-electron chi connectivity index (χ0n) is 12.3. The van der Waals surface area contributed by atoms with Gasteiger partial charge in [-0.15, -0.1) is 0 Å². The first-order chi connectivity index (χ1) is 9.02. The Morgan fingerprint density at radius 2 is 1.84 bits per heavy atom. The molecule has 0 fully saturated rings. The van der Waals surface area contributed by atoms with E-state index in [1.54, 1.807) is 0 Å². The van der Waals surface area contributed by atoms with Crippen LogP contribution in [0.25, 0.3) is 11.4 Å². The van der Waals surface area contributed by atoms with E-state index in [-0.39, 0.29) is 5.41 Å². The molecule has 0 aliphatic heterocycles. The number of hydrogen-bond donors (Lipinski definition) is 1. The van der Waals surface area contributed by atoms with E-state index in [1.165, 1.54) is 11.1 Å². The third-order valence-electron chi connectivity index (χ3n) is 3.33. The van der Waals surface area contributed by atoms with Gasteiger partial charge in [-0.3, -0.25) is 0 Å². The lowest BCUT2D eigenvalue weighted by molar-refractivity contribution is 0.590. The highest BCUT2D eigenvalue weighted by Crippen LogP contribution is 2.25. The van der Waals surface area contributed by atoms with Gasteiger partial charge in [0.05, 0.1) is 0 Å². The molecule has 0 aliphatic rings. The van der Waals surface area contributed by atoms with E-state index < -0.39 is 0 Å². The molecule has 2 rings (SSSR count). The van der Waals surface area contributed by atoms with Crippen LogP contribution in [0.1, 0.15) is 26.3 Å². The van der Waals surface area contributed by atoms with E-state index in [4.69, 9.17) is 0 Å². The molecule has 2 aromatic rings. The van der Waals surface area contributed by atoms with Crippen LogP contribution in [-0.2, 0) is 12.0 Å². The van der Waals surface area contributed by atoms with E-state index in [1.807, 2.05) is 19.4 Å². The van der Waals surface area contributed by atoms with Gasteiger partial charge in [0.1, 0.15) is 5.82 Å². The lowest BCUT2D eigenvalue weighted by atomic mass is 9.87. The molecule has 0 saturated heterocycles. The third-order valence-corrected chi connectivity index (χ3v) is 3.33. The number of nitrogens with zero attached hydrogens (tertiary/aromatic N) is 2. The number of nitrogens with one attached hydrogen (secondary N) is 1. The van der Waals surface area contributed by atoms with Gasteiger partial charge in [0, 0.05) is 31.0 Å². The van der Waals surface area contributed by atoms with Crippen molar-refractivity contribution < 1.29 is 0 Å². The van der Waals surface area contributed by atoms with Crippen LogP contribution in [0.3, 0.4) is 0 Å². The van der Waals surface area contributed by atoms with E-state index in [9.17, 15) is 0 Å². The molecule has 0 atom stereocenters. The van der Waals surface area contributed by atoms with Crippen molar-refractivity contribution in [1.82, 2.24) is 14.9 Å². The van der Waals surface area contributed by atoms with E-state index in [2.05, 4.69) is 59.9 Å². The summed E-state index contributed by atoms with van der Waals surface area (Å²) in [6, 6.07) is 8.73. The first-order valence-corrected chi connectivity index (χ1v) is 6.79. The first-order valence-electron chi connectivity index (χ1n) is 6.79. The van der Waals surface area contributed by atoms with Crippen molar-refractivity contribution in [2.45, 2.75) is 32.7 Å². The Balaban J connectivity index is 2.25. The van der Waals surface area contributed by atoms with E-state index in [0.717, 1.165) is 18.9 Å². The molecule has 1 N–H and O–H groups in total. The maximum absolute atomic E-state index is 4.47. The van der Waals surface area contributed by atoms with Crippen LogP contribution < -0.4 is 5.32 Å². The summed E-state index contributed by atoms with van der Waals surface area (Å²) in [7, 11) is 1.97. The number of aromatic nitrogens is 2. The van der Waals surface area contributed by atoms with Crippen LogP contribution in [-0.4, -0.2) is 23.1 Å². The summed E-state index contributed by atoms with van der Waals surface area (Å²) >= 11 is 0. The molecular formula is C16H23N3. The molecule has 19 heavy (non-hydrogen) atoms. The topological polar surface area (TPSA) is 29.9 Å². The van der Waals surface area contributed by atoms with Crippen molar-refractivity contribution in [3.05, 3.63) is 42.2 Å². The molecule has 0 saturated carbocycles. The standard InChI is InChI=1S/C16H23N3/c1-16(2,3)14-7-5-13(6-8-14)15-18-10-12-19(15)11-9-17-4/h5-8,10,12,17H,9,11H2,1-4H3. The Bertz CT molecular complexity index is 518. The summed E-state index contributed by atoms with van der Waals surface area (Å²) in [5.74, 6) is 1.04. The fourth-order valence-electron chi connectivity index (χ4n) is 2.10. The van der Waals surface area contributed by atoms with Gasteiger partial charge in [-0.1, -0.05) is 45.0 Å². The summed E-state index contributed by atoms with van der Waals surface area (Å²) in [6.07, 6.45) is 3.90. The number of likely N-dealkylation sites (N-methyl/N-ethyl adjacent to an activating group) is 1. The van der Waals surface area contributed by atoms with Crippen molar-refractivity contribution in [3.63, 3.8) is 0 Å². The second-order valence-electron chi connectivity index (χ2n) is 5.88. The number of imidazole rings is 1. The lowest BCUT2D eigenvalue weighted by Crippen LogP contribution is -2.15. The lowest BCUT2D eigenvalue weighted by Gasteiger charge is -2.19. The average Bonchev–Trinajstić information content (AvgIpc) is 2.83. The molecule has 1 heterocycles. The minimum Gasteiger partial charge on any atom is -0.330 e. The van der Waals surface area contributed by atoms with Gasteiger partial charge in [-0.25, -0.2) is 4.98 Å². The minimum absolute atomic E-state index is 0.195. The smallest absolute Gasteiger partial charge is 0.139 e. The SMILES string of the molecule is CNCCn1ccnc1-c1ccc(C(C)(C)C)cc1. The molecule has 0 amide bonds. The Labute approximate surface area is 115 Å². The zero-order chi connectivity index (χ0) is 13.9. The molecule has 3 nitrogen and oxygen atoms in total. The van der Waals surface area contributed by atoms with Gasteiger partial charge >= 0.3 is 0 Å². The normalized spacial score (nSPS) is 11.8. The molecule has 0 spiro atoms. The molecule has 3 heteroatoms. The highest BCUT2D eigenvalue weighted by atomic mass is 15.1. The second-order valence-corrected chi connectivity index (χ2v) is 5.88. The summed E-state index contributed by atoms with van der Waals surface area (Å²) in [5.41, 5.74) is 2.72. The van der Waals surface area contributed by atoms with Crippen molar-refractivity contribution >= 4 is 0 Å². The Kier molecular flexibility index (Phi) is 4.05. The zero-order valence-corrected chi connectivity index (χ0v) is 12.3. The maximum atomic E-state index is 4.47. The van der Waals surface area contributed by atoms with Crippen LogP contribution in [0.2, 0.25) is 0 Å². The molecule has 0 radical (unpaired) electrons. The maximum Gasteiger partial charge on any atom is 0.139 e. The Hall–Kier alpha value is -1.61. The fraction of sp³-hybridized carbons (Fsp3) is 0.438. The third kappa shape index (κ3) is 3.24. The monoisotopic (exact) mass is 257 g/mol. The van der Waals surface area contributed by atoms with Gasteiger partial charge in [0.15, 0.2) is 0 Å². The van der Waals surface area contributed by atoms with Gasteiger partial charge in [-0.05, 0) is 18.0 Å². The summed E-state index contributed by atoms with van der Waals surface area (Å²) in [6.45, 7) is 8.58. The van der Waals surface area contributed by atoms with Crippen LogP contribution in [0.4, 0.5) is 0 Å². The van der Waals surface area contributed by atoms with Crippen molar-refractivity contribution in [2.75, 3.05) is 13.6 Å². The fourth-order valence-corrected chi connectivity index (χ4v) is 2.10. The van der Waals surface area contributed by atoms with Crippen LogP contribution >= 0.6 is 0 Å². The molecule has 1 aromatic heterocycles. The van der Waals surface area contributed by atoms with Crippen molar-refractivity contribution in [3.8, 4) is 11.4 Å². The van der Waals surface area contributed by atoms with Gasteiger partial charge in [0.2, 0.25) is 0 Å². The quantitative estimate of drug-likeness (QED) is 0.912. The number of benzene rings is 1. The predicted molar refractivity (Wildman–Crippen MR) is 80.3 cm³/mol. The van der Waals surface area contributed by atoms with Crippen molar-refractivity contribution in [1.29, 1.82) is 0 Å². The summed E-state index contributed by atoms with van der Waals surface area (Å²) in [5, 5.41) is 3.17. The molecular weight excluding hydrogens is 234 g/mol. The largest absolute Gasteiger partial charge is 0.330 e. The summed E-state index contributed by atoms with van der Waals surface area (Å²) in [4.78, 5) is 4.47. The van der Waals surface area contributed by atoms with Gasteiger partial charge in [-0.2, -0.15) is 0 Å². The minimum atomic E-state index is 0.195. The van der Waals surface area contributed by atoms with Gasteiger partial charge < -0.3 is 9.88 Å². The molecule has 0 aliphatic carbocycles. The first kappa shape index (κ1) is 13.8. The van der Waals surface area contributed by atoms with Crippen LogP contribution in [0.5, 0.6) is 0 Å². The van der Waals surface area contributed by atoms with Crippen molar-refractivity contribution in [2.24, 2.45) is 0 Å². The van der Waals surface area contributed by atoms with E-state index >= 15 is 0 Å². The van der Waals surface area contributed by atoms with Gasteiger partial charge in [0.25, 0.3) is 0 Å². The average molecular weight is 257 g/mol. The Morgan fingerprint density at radius 1 is 1.16 bits per heavy atom. The molecule has 102 valence electrons. The summed E-state index contributed by atoms with van der Waals surface area (Å²) < 4.78 is 2.18. The molecule has 1 aromatic carbocycles. The Morgan fingerprint density at radius 3 is 2.42 bits per heavy atom.